The van der Waals surface area contributed by atoms with Crippen LogP contribution in [0.1, 0.15) is 6.92 Å². The van der Waals surface area contributed by atoms with E-state index in [-0.39, 0.29) is 0 Å². The Morgan fingerprint density at radius 1 is 1.22 bits per heavy atom. The minimum atomic E-state index is 1.12. The lowest BCUT2D eigenvalue weighted by Gasteiger charge is -2.10. The quantitative estimate of drug-likeness (QED) is 0.514. The molecule has 0 nitrogen and oxygen atoms in total. The highest BCUT2D eigenvalue weighted by molar-refractivity contribution is 6.53. The van der Waals surface area contributed by atoms with E-state index >= 15 is 0 Å². The molecule has 46 valence electrons. The molecule has 0 aliphatic rings. The maximum atomic E-state index is 2.21. The van der Waals surface area contributed by atoms with Crippen molar-refractivity contribution in [2.45, 2.75) is 13.2 Å². The molecule has 9 heavy (non-hydrogen) atoms. The van der Waals surface area contributed by atoms with Crippen molar-refractivity contribution < 1.29 is 0 Å². The van der Waals surface area contributed by atoms with Crippen LogP contribution in [0.5, 0.6) is 0 Å². The largest absolute Gasteiger partial charge is 0.297 e. The van der Waals surface area contributed by atoms with E-state index in [0.29, 0.717) is 0 Å². The summed E-state index contributed by atoms with van der Waals surface area (Å²) in [5, 5.41) is 0. The highest BCUT2D eigenvalue weighted by Gasteiger charge is 1.70. The highest BCUT2D eigenvalue weighted by Crippen LogP contribution is 1.82. The van der Waals surface area contributed by atoms with Crippen LogP contribution >= 0.6 is 0 Å². The second-order valence-corrected chi connectivity index (χ2v) is 2.02. The van der Waals surface area contributed by atoms with Gasteiger partial charge in [-0.05, 0) is 0 Å². The minimum absolute atomic E-state index is 1.12. The van der Waals surface area contributed by atoms with Gasteiger partial charge in [0.05, 0.1) is 0 Å². The molecule has 1 aromatic carbocycles. The molecule has 0 fully saturated rings. The van der Waals surface area contributed by atoms with E-state index in [9.17, 15) is 0 Å². The van der Waals surface area contributed by atoms with E-state index in [4.69, 9.17) is 0 Å². The third kappa shape index (κ3) is 1.92. The van der Waals surface area contributed by atoms with E-state index in [1.165, 1.54) is 5.46 Å². The van der Waals surface area contributed by atoms with Crippen molar-refractivity contribution in [2.75, 3.05) is 0 Å². The Kier molecular flexibility index (Phi) is 2.38. The molecule has 1 aromatic rings. The summed E-state index contributed by atoms with van der Waals surface area (Å²) >= 11 is 0. The molecule has 0 aliphatic carbocycles. The Hall–Kier alpha value is -0.715. The van der Waals surface area contributed by atoms with Crippen LogP contribution in [0.3, 0.4) is 0 Å². The van der Waals surface area contributed by atoms with Crippen molar-refractivity contribution in [2.24, 2.45) is 0 Å². The van der Waals surface area contributed by atoms with Gasteiger partial charge in [-0.25, -0.2) is 6.32 Å². The standard InChI is InChI=1S/C8H10B/c1-2-9-8-6-4-3-5-7-8/h3-7H,2H2,1H3/q-1. The molecule has 0 saturated heterocycles. The molecule has 0 aliphatic heterocycles. The maximum Gasteiger partial charge on any atom is -0.0625 e. The van der Waals surface area contributed by atoms with Crippen molar-refractivity contribution >= 4 is 12.7 Å². The third-order valence-corrected chi connectivity index (χ3v) is 1.24. The normalized spacial score (nSPS) is 9.44. The fourth-order valence-corrected chi connectivity index (χ4v) is 0.825. The SMILES string of the molecule is CC[B-]c1ccccc1. The van der Waals surface area contributed by atoms with Crippen LogP contribution in [0.25, 0.3) is 0 Å². The van der Waals surface area contributed by atoms with E-state index in [1.54, 1.807) is 0 Å². The van der Waals surface area contributed by atoms with E-state index < -0.39 is 0 Å². The summed E-state index contributed by atoms with van der Waals surface area (Å²) in [7, 11) is 2.21. The predicted octanol–water partition coefficient (Wildman–Crippen LogP) is 1.45. The van der Waals surface area contributed by atoms with Gasteiger partial charge in [-0.3, -0.25) is 12.7 Å². The Labute approximate surface area is 57.1 Å². The lowest BCUT2D eigenvalue weighted by atomic mass is 9.68. The number of rotatable bonds is 2. The van der Waals surface area contributed by atoms with Crippen molar-refractivity contribution in [3.63, 3.8) is 0 Å². The summed E-state index contributed by atoms with van der Waals surface area (Å²) in [6.45, 7) is 2.15. The number of benzene rings is 1. The smallest absolute Gasteiger partial charge is 0.0625 e. The molecule has 0 amide bonds. The van der Waals surface area contributed by atoms with Crippen molar-refractivity contribution in [3.8, 4) is 0 Å². The van der Waals surface area contributed by atoms with Crippen LogP contribution in [-0.2, 0) is 0 Å². The zero-order valence-electron chi connectivity index (χ0n) is 5.67. The fourth-order valence-electron chi connectivity index (χ4n) is 0.825. The summed E-state index contributed by atoms with van der Waals surface area (Å²) in [6.07, 6.45) is 1.12. The number of hydrogen-bond donors (Lipinski definition) is 0. The van der Waals surface area contributed by atoms with Gasteiger partial charge in [0.15, 0.2) is 0 Å². The van der Waals surface area contributed by atoms with Gasteiger partial charge in [-0.15, -0.1) is 19.1 Å². The molecular weight excluding hydrogens is 107 g/mol. The summed E-state index contributed by atoms with van der Waals surface area (Å²) in [5.41, 5.74) is 1.32. The van der Waals surface area contributed by atoms with Crippen molar-refractivity contribution in [1.82, 2.24) is 0 Å². The molecule has 0 saturated carbocycles. The zero-order valence-corrected chi connectivity index (χ0v) is 5.67. The van der Waals surface area contributed by atoms with Crippen LogP contribution in [0.15, 0.2) is 30.3 Å². The first-order valence-corrected chi connectivity index (χ1v) is 3.31. The second kappa shape index (κ2) is 3.34. The average Bonchev–Trinajstić information content (AvgIpc) is 1.91. The van der Waals surface area contributed by atoms with Gasteiger partial charge in [-0.1, -0.05) is 18.2 Å². The Balaban J connectivity index is 2.61. The molecule has 0 N–H and O–H groups in total. The first-order valence-electron chi connectivity index (χ1n) is 3.31. The molecule has 0 aromatic heterocycles. The van der Waals surface area contributed by atoms with Gasteiger partial charge in [0.1, 0.15) is 0 Å². The Bertz CT molecular complexity index is 157. The zero-order chi connectivity index (χ0) is 6.53. The van der Waals surface area contributed by atoms with E-state index in [0.717, 1.165) is 6.32 Å². The highest BCUT2D eigenvalue weighted by atomic mass is 13.8. The molecule has 1 rings (SSSR count). The fraction of sp³-hybridized carbons (Fsp3) is 0.250. The Morgan fingerprint density at radius 3 is 2.44 bits per heavy atom. The lowest BCUT2D eigenvalue weighted by Crippen LogP contribution is -2.10. The summed E-state index contributed by atoms with van der Waals surface area (Å²) in [6, 6.07) is 10.4. The first-order chi connectivity index (χ1) is 4.43. The summed E-state index contributed by atoms with van der Waals surface area (Å²) in [4.78, 5) is 0. The molecule has 0 bridgehead atoms. The summed E-state index contributed by atoms with van der Waals surface area (Å²) in [5.74, 6) is 0. The van der Waals surface area contributed by atoms with Gasteiger partial charge in [0.2, 0.25) is 0 Å². The number of hydrogen-bond acceptors (Lipinski definition) is 0. The third-order valence-electron chi connectivity index (χ3n) is 1.24. The molecule has 0 unspecified atom stereocenters. The molecule has 0 heterocycles. The minimum Gasteiger partial charge on any atom is -0.297 e. The van der Waals surface area contributed by atoms with Crippen LogP contribution < -0.4 is 5.46 Å². The van der Waals surface area contributed by atoms with Crippen molar-refractivity contribution in [3.05, 3.63) is 30.3 Å². The Morgan fingerprint density at radius 2 is 1.89 bits per heavy atom. The van der Waals surface area contributed by atoms with Gasteiger partial charge in [0.25, 0.3) is 0 Å². The lowest BCUT2D eigenvalue weighted by molar-refractivity contribution is 1.46. The van der Waals surface area contributed by atoms with Crippen molar-refractivity contribution in [1.29, 1.82) is 0 Å². The average molecular weight is 117 g/mol. The monoisotopic (exact) mass is 117 g/mol. The topological polar surface area (TPSA) is 0 Å². The van der Waals surface area contributed by atoms with E-state index in [2.05, 4.69) is 38.5 Å². The second-order valence-electron chi connectivity index (χ2n) is 2.02. The first kappa shape index (κ1) is 6.41. The van der Waals surface area contributed by atoms with Gasteiger partial charge in [0, 0.05) is 0 Å². The van der Waals surface area contributed by atoms with Gasteiger partial charge >= 0.3 is 0 Å². The van der Waals surface area contributed by atoms with Crippen LogP contribution in [0.4, 0.5) is 0 Å². The van der Waals surface area contributed by atoms with Crippen LogP contribution in [0, 0.1) is 0 Å². The molecule has 0 spiro atoms. The predicted molar refractivity (Wildman–Crippen MR) is 42.3 cm³/mol. The molecular formula is C8H10B-. The van der Waals surface area contributed by atoms with Crippen LogP contribution in [0.2, 0.25) is 6.32 Å². The van der Waals surface area contributed by atoms with Gasteiger partial charge in [-0.2, -0.15) is 0 Å². The molecule has 2 radical (unpaired) electrons. The molecule has 0 atom stereocenters. The van der Waals surface area contributed by atoms with Crippen LogP contribution in [-0.4, -0.2) is 7.28 Å². The van der Waals surface area contributed by atoms with E-state index in [1.807, 2.05) is 6.07 Å². The molecule has 1 heteroatoms. The van der Waals surface area contributed by atoms with Gasteiger partial charge < -0.3 is 0 Å². The maximum absolute atomic E-state index is 2.21. The summed E-state index contributed by atoms with van der Waals surface area (Å²) < 4.78 is 0.